The molecule has 0 saturated carbocycles. The van der Waals surface area contributed by atoms with Gasteiger partial charge < -0.3 is 15.1 Å². The highest BCUT2D eigenvalue weighted by Crippen LogP contribution is 2.33. The van der Waals surface area contributed by atoms with Crippen molar-refractivity contribution in [2.24, 2.45) is 0 Å². The summed E-state index contributed by atoms with van der Waals surface area (Å²) in [4.78, 5) is 14.6. The smallest absolute Gasteiger partial charge is 0.258 e. The Hall–Kier alpha value is -1.94. The molecule has 0 radical (unpaired) electrons. The van der Waals surface area contributed by atoms with Crippen LogP contribution in [0.2, 0.25) is 0 Å². The highest BCUT2D eigenvalue weighted by molar-refractivity contribution is 6.21. The molecule has 0 bridgehead atoms. The number of phenols is 2. The molecule has 1 heterocycles. The van der Waals surface area contributed by atoms with Crippen LogP contribution in [0.3, 0.4) is 0 Å². The molecule has 1 aliphatic heterocycles. The number of phenolic OH excluding ortho intramolecular Hbond substituents is 2. The van der Waals surface area contributed by atoms with E-state index in [2.05, 4.69) is 0 Å². The van der Waals surface area contributed by atoms with E-state index in [-0.39, 0.29) is 34.3 Å². The van der Waals surface area contributed by atoms with Crippen LogP contribution in [0.15, 0.2) is 35.4 Å². The first-order chi connectivity index (χ1) is 11.7. The normalized spacial score (nSPS) is 16.3. The van der Waals surface area contributed by atoms with Gasteiger partial charge in [-0.25, -0.2) is 0 Å². The maximum atomic E-state index is 12.8. The van der Waals surface area contributed by atoms with Crippen LogP contribution in [0.25, 0.3) is 0 Å². The number of carbonyl (C=O) groups excluding carboxylic acids is 1. The second kappa shape index (κ2) is 7.96. The van der Waals surface area contributed by atoms with Crippen molar-refractivity contribution in [3.8, 4) is 11.5 Å². The van der Waals surface area contributed by atoms with E-state index in [0.717, 1.165) is 6.42 Å². The molecule has 1 amide bonds. The fourth-order valence-corrected chi connectivity index (χ4v) is 3.10. The minimum absolute atomic E-state index is 0.0107. The number of alkyl halides is 1. The molecule has 25 heavy (non-hydrogen) atoms. The van der Waals surface area contributed by atoms with Crippen molar-refractivity contribution in [1.29, 1.82) is 0 Å². The van der Waals surface area contributed by atoms with Crippen molar-refractivity contribution in [2.45, 2.75) is 45.4 Å². The second-order valence-corrected chi connectivity index (χ2v) is 7.63. The standard InChI is InChI=1S/C20H26ClNO3/c1-12(2)16-8-17(19(24)9-18(16)23)20(25)22-10-13(3)15(11-22)7-5-6-14(4)21/h5-6,8-9,12,14,23-24H,7,10-11H2,1-4H3/b6-5-. The van der Waals surface area contributed by atoms with Crippen LogP contribution in [-0.2, 0) is 0 Å². The number of amides is 1. The highest BCUT2D eigenvalue weighted by Gasteiger charge is 2.26. The van der Waals surface area contributed by atoms with Gasteiger partial charge in [-0.1, -0.05) is 31.6 Å². The Kier molecular flexibility index (Phi) is 6.17. The first kappa shape index (κ1) is 19.4. The van der Waals surface area contributed by atoms with Crippen molar-refractivity contribution in [3.05, 3.63) is 46.6 Å². The van der Waals surface area contributed by atoms with E-state index >= 15 is 0 Å². The third-order valence-electron chi connectivity index (χ3n) is 4.46. The fourth-order valence-electron chi connectivity index (χ4n) is 3.00. The predicted molar refractivity (Wildman–Crippen MR) is 102 cm³/mol. The quantitative estimate of drug-likeness (QED) is 0.595. The van der Waals surface area contributed by atoms with Gasteiger partial charge in [0, 0.05) is 24.5 Å². The molecule has 0 saturated heterocycles. The SMILES string of the molecule is CC1=C(C/C=C\C(C)Cl)CN(C(=O)c2cc(C(C)C)c(O)cc2O)C1. The van der Waals surface area contributed by atoms with Gasteiger partial charge >= 0.3 is 0 Å². The summed E-state index contributed by atoms with van der Waals surface area (Å²) in [5, 5.41) is 20.1. The first-order valence-corrected chi connectivity index (χ1v) is 8.97. The number of nitrogens with zero attached hydrogens (tertiary/aromatic N) is 1. The lowest BCUT2D eigenvalue weighted by Crippen LogP contribution is -2.29. The number of hydrogen-bond donors (Lipinski definition) is 2. The molecule has 2 rings (SSSR count). The Morgan fingerprint density at radius 2 is 1.92 bits per heavy atom. The maximum Gasteiger partial charge on any atom is 0.258 e. The topological polar surface area (TPSA) is 60.8 Å². The van der Waals surface area contributed by atoms with Crippen LogP contribution in [0, 0.1) is 0 Å². The lowest BCUT2D eigenvalue weighted by molar-refractivity contribution is 0.0792. The Morgan fingerprint density at radius 3 is 2.52 bits per heavy atom. The molecule has 136 valence electrons. The van der Waals surface area contributed by atoms with Crippen LogP contribution in [-0.4, -0.2) is 39.5 Å². The van der Waals surface area contributed by atoms with E-state index in [1.165, 1.54) is 17.2 Å². The number of carbonyl (C=O) groups is 1. The maximum absolute atomic E-state index is 12.8. The van der Waals surface area contributed by atoms with Gasteiger partial charge in [-0.2, -0.15) is 0 Å². The van der Waals surface area contributed by atoms with Gasteiger partial charge in [0.2, 0.25) is 0 Å². The number of rotatable bonds is 5. The molecule has 1 aromatic carbocycles. The van der Waals surface area contributed by atoms with Crippen molar-refractivity contribution in [3.63, 3.8) is 0 Å². The zero-order chi connectivity index (χ0) is 18.7. The van der Waals surface area contributed by atoms with Crippen molar-refractivity contribution < 1.29 is 15.0 Å². The molecule has 4 nitrogen and oxygen atoms in total. The van der Waals surface area contributed by atoms with E-state index in [4.69, 9.17) is 11.6 Å². The zero-order valence-electron chi connectivity index (χ0n) is 15.2. The summed E-state index contributed by atoms with van der Waals surface area (Å²) in [7, 11) is 0. The second-order valence-electron chi connectivity index (χ2n) is 6.94. The van der Waals surface area contributed by atoms with Gasteiger partial charge in [-0.05, 0) is 43.4 Å². The van der Waals surface area contributed by atoms with E-state index < -0.39 is 0 Å². The number of halogens is 1. The molecular formula is C20H26ClNO3. The van der Waals surface area contributed by atoms with E-state index in [1.807, 2.05) is 39.8 Å². The summed E-state index contributed by atoms with van der Waals surface area (Å²) in [5.41, 5.74) is 3.26. The van der Waals surface area contributed by atoms with E-state index in [9.17, 15) is 15.0 Å². The number of allylic oxidation sites excluding steroid dienone is 2. The lowest BCUT2D eigenvalue weighted by atomic mass is 9.98. The van der Waals surface area contributed by atoms with E-state index in [1.54, 1.807) is 11.0 Å². The van der Waals surface area contributed by atoms with Gasteiger partial charge in [0.25, 0.3) is 5.91 Å². The minimum atomic E-state index is -0.219. The van der Waals surface area contributed by atoms with Crippen molar-refractivity contribution in [2.75, 3.05) is 13.1 Å². The molecule has 0 spiro atoms. The van der Waals surface area contributed by atoms with Crippen LogP contribution in [0.4, 0.5) is 0 Å². The molecule has 2 N–H and O–H groups in total. The summed E-state index contributed by atoms with van der Waals surface area (Å²) in [6, 6.07) is 2.85. The zero-order valence-corrected chi connectivity index (χ0v) is 16.0. The predicted octanol–water partition coefficient (Wildman–Crippen LogP) is 4.57. The monoisotopic (exact) mass is 363 g/mol. The Morgan fingerprint density at radius 1 is 1.24 bits per heavy atom. The number of hydrogen-bond acceptors (Lipinski definition) is 3. The van der Waals surface area contributed by atoms with Gasteiger partial charge in [-0.15, -0.1) is 11.6 Å². The first-order valence-electron chi connectivity index (χ1n) is 8.54. The van der Waals surface area contributed by atoms with Gasteiger partial charge in [-0.3, -0.25) is 4.79 Å². The summed E-state index contributed by atoms with van der Waals surface area (Å²) in [6.45, 7) is 8.90. The third kappa shape index (κ3) is 4.57. The molecular weight excluding hydrogens is 338 g/mol. The van der Waals surface area contributed by atoms with Gasteiger partial charge in [0.15, 0.2) is 0 Å². The number of benzene rings is 1. The lowest BCUT2D eigenvalue weighted by Gasteiger charge is -2.19. The van der Waals surface area contributed by atoms with Crippen molar-refractivity contribution >= 4 is 17.5 Å². The Bertz CT molecular complexity index is 720. The molecule has 1 atom stereocenters. The molecule has 0 aromatic heterocycles. The van der Waals surface area contributed by atoms with Crippen molar-refractivity contribution in [1.82, 2.24) is 4.90 Å². The average molecular weight is 364 g/mol. The third-order valence-corrected chi connectivity index (χ3v) is 4.61. The minimum Gasteiger partial charge on any atom is -0.508 e. The molecule has 0 fully saturated rings. The van der Waals surface area contributed by atoms with Crippen LogP contribution >= 0.6 is 11.6 Å². The Labute approximate surface area is 154 Å². The average Bonchev–Trinajstić information content (AvgIpc) is 2.87. The molecule has 0 aliphatic carbocycles. The molecule has 5 heteroatoms. The van der Waals surface area contributed by atoms with Crippen LogP contribution < -0.4 is 0 Å². The van der Waals surface area contributed by atoms with Gasteiger partial charge in [0.05, 0.1) is 5.56 Å². The number of aromatic hydroxyl groups is 2. The van der Waals surface area contributed by atoms with Crippen LogP contribution in [0.1, 0.15) is 56.0 Å². The highest BCUT2D eigenvalue weighted by atomic mass is 35.5. The summed E-state index contributed by atoms with van der Waals surface area (Å²) in [5.74, 6) is -0.332. The molecule has 1 aromatic rings. The summed E-state index contributed by atoms with van der Waals surface area (Å²) in [6.07, 6.45) is 4.73. The Balaban J connectivity index is 2.17. The van der Waals surface area contributed by atoms with E-state index in [0.29, 0.717) is 18.7 Å². The van der Waals surface area contributed by atoms with Crippen LogP contribution in [0.5, 0.6) is 11.5 Å². The molecule has 1 unspecified atom stereocenters. The largest absolute Gasteiger partial charge is 0.508 e. The fraction of sp³-hybridized carbons (Fsp3) is 0.450. The summed E-state index contributed by atoms with van der Waals surface area (Å²) >= 11 is 5.91. The molecule has 1 aliphatic rings. The van der Waals surface area contributed by atoms with Gasteiger partial charge in [0.1, 0.15) is 11.5 Å². The summed E-state index contributed by atoms with van der Waals surface area (Å²) < 4.78 is 0.